The van der Waals surface area contributed by atoms with Crippen molar-refractivity contribution in [2.24, 2.45) is 0 Å². The molecule has 0 unspecified atom stereocenters. The van der Waals surface area contributed by atoms with Gasteiger partial charge in [0, 0.05) is 5.56 Å². The maximum absolute atomic E-state index is 12.1. The van der Waals surface area contributed by atoms with Crippen LogP contribution in [0.5, 0.6) is 11.5 Å². The topological polar surface area (TPSA) is 35.5 Å². The number of hydrogen-bond donors (Lipinski definition) is 0. The van der Waals surface area contributed by atoms with E-state index in [0.29, 0.717) is 11.5 Å². The number of benzene rings is 2. The normalized spacial score (nSPS) is 10.8. The zero-order valence-corrected chi connectivity index (χ0v) is 14.3. The summed E-state index contributed by atoms with van der Waals surface area (Å²) in [4.78, 5) is 12.1. The summed E-state index contributed by atoms with van der Waals surface area (Å²) in [5.41, 5.74) is 2.66. The second kappa shape index (κ2) is 7.18. The third-order valence-corrected chi connectivity index (χ3v) is 3.56. The molecule has 3 nitrogen and oxygen atoms in total. The molecule has 0 aliphatic carbocycles. The van der Waals surface area contributed by atoms with E-state index in [-0.39, 0.29) is 5.41 Å². The molecule has 2 rings (SSSR count). The first-order valence-corrected chi connectivity index (χ1v) is 7.72. The fourth-order valence-electron chi connectivity index (χ4n) is 2.23. The van der Waals surface area contributed by atoms with Crippen LogP contribution in [0.1, 0.15) is 37.5 Å². The predicted octanol–water partition coefficient (Wildman–Crippen LogP) is 5.85. The first-order chi connectivity index (χ1) is 11.3. The van der Waals surface area contributed by atoms with E-state index in [1.165, 1.54) is 0 Å². The molecule has 0 saturated heterocycles. The van der Waals surface area contributed by atoms with Gasteiger partial charge in [0.1, 0.15) is 11.5 Å². The minimum atomic E-state index is -0.766. The lowest BCUT2D eigenvalue weighted by molar-refractivity contribution is 0.151. The summed E-state index contributed by atoms with van der Waals surface area (Å²) in [6.07, 6.45) is 2.72. The largest absolute Gasteiger partial charge is 0.519 e. The molecule has 0 aliphatic heterocycles. The second-order valence-corrected chi connectivity index (χ2v) is 6.44. The standard InChI is InChI=1S/C21H22O3/c1-6-15-8-11-17(12-9-15)23-20(22)24-19-13-10-16(7-2)14-18(19)21(3,4)5/h6-14H,1-2H2,3-5H3. The highest BCUT2D eigenvalue weighted by molar-refractivity contribution is 5.68. The van der Waals surface area contributed by atoms with Crippen molar-refractivity contribution in [1.82, 2.24) is 0 Å². The van der Waals surface area contributed by atoms with Crippen molar-refractivity contribution in [2.75, 3.05) is 0 Å². The van der Waals surface area contributed by atoms with Crippen molar-refractivity contribution in [1.29, 1.82) is 0 Å². The van der Waals surface area contributed by atoms with Crippen LogP contribution >= 0.6 is 0 Å². The summed E-state index contributed by atoms with van der Waals surface area (Å²) in [6, 6.07) is 12.6. The van der Waals surface area contributed by atoms with Crippen LogP contribution in [-0.4, -0.2) is 6.16 Å². The van der Waals surface area contributed by atoms with Crippen LogP contribution in [0, 0.1) is 0 Å². The van der Waals surface area contributed by atoms with E-state index >= 15 is 0 Å². The monoisotopic (exact) mass is 322 g/mol. The molecular formula is C21H22O3. The molecule has 3 heteroatoms. The summed E-state index contributed by atoms with van der Waals surface area (Å²) in [5, 5.41) is 0. The highest BCUT2D eigenvalue weighted by atomic mass is 16.7. The minimum Gasteiger partial charge on any atom is -0.395 e. The smallest absolute Gasteiger partial charge is 0.395 e. The Labute approximate surface area is 143 Å². The molecule has 24 heavy (non-hydrogen) atoms. The molecule has 0 radical (unpaired) electrons. The molecule has 0 atom stereocenters. The van der Waals surface area contributed by atoms with Gasteiger partial charge in [-0.25, -0.2) is 4.79 Å². The van der Waals surface area contributed by atoms with Gasteiger partial charge in [0.25, 0.3) is 0 Å². The van der Waals surface area contributed by atoms with Gasteiger partial charge in [-0.2, -0.15) is 0 Å². The fourth-order valence-corrected chi connectivity index (χ4v) is 2.23. The van der Waals surface area contributed by atoms with Crippen LogP contribution in [0.4, 0.5) is 4.79 Å². The molecule has 0 spiro atoms. The molecule has 0 heterocycles. The van der Waals surface area contributed by atoms with Gasteiger partial charge in [-0.15, -0.1) is 0 Å². The Kier molecular flexibility index (Phi) is 5.24. The van der Waals surface area contributed by atoms with E-state index in [4.69, 9.17) is 9.47 Å². The maximum atomic E-state index is 12.1. The highest BCUT2D eigenvalue weighted by Crippen LogP contribution is 2.32. The van der Waals surface area contributed by atoms with Crippen LogP contribution in [-0.2, 0) is 5.41 Å². The van der Waals surface area contributed by atoms with Crippen LogP contribution in [0.15, 0.2) is 55.6 Å². The van der Waals surface area contributed by atoms with Crippen LogP contribution in [0.3, 0.4) is 0 Å². The Morgan fingerprint density at radius 1 is 0.917 bits per heavy atom. The van der Waals surface area contributed by atoms with E-state index in [1.54, 1.807) is 30.4 Å². The molecule has 0 aliphatic rings. The average Bonchev–Trinajstić information content (AvgIpc) is 2.55. The van der Waals surface area contributed by atoms with Gasteiger partial charge in [0.05, 0.1) is 0 Å². The lowest BCUT2D eigenvalue weighted by Crippen LogP contribution is -2.19. The van der Waals surface area contributed by atoms with Crippen LogP contribution in [0.2, 0.25) is 0 Å². The molecule has 2 aromatic rings. The molecule has 0 fully saturated rings. The second-order valence-electron chi connectivity index (χ2n) is 6.44. The Bertz CT molecular complexity index is 750. The van der Waals surface area contributed by atoms with Gasteiger partial charge >= 0.3 is 6.16 Å². The molecule has 0 aromatic heterocycles. The van der Waals surface area contributed by atoms with E-state index in [1.807, 2.05) is 24.3 Å². The Morgan fingerprint density at radius 2 is 1.50 bits per heavy atom. The zero-order chi connectivity index (χ0) is 17.7. The van der Waals surface area contributed by atoms with E-state index < -0.39 is 6.16 Å². The minimum absolute atomic E-state index is 0.180. The van der Waals surface area contributed by atoms with Gasteiger partial charge in [0.2, 0.25) is 0 Å². The van der Waals surface area contributed by atoms with Crippen molar-refractivity contribution in [3.8, 4) is 11.5 Å². The van der Waals surface area contributed by atoms with Gasteiger partial charge in [-0.1, -0.05) is 64.3 Å². The van der Waals surface area contributed by atoms with Crippen LogP contribution < -0.4 is 9.47 Å². The van der Waals surface area contributed by atoms with Crippen molar-refractivity contribution in [3.05, 3.63) is 72.3 Å². The first kappa shape index (κ1) is 17.5. The lowest BCUT2D eigenvalue weighted by Gasteiger charge is -2.22. The Hall–Kier alpha value is -2.81. The zero-order valence-electron chi connectivity index (χ0n) is 14.3. The van der Waals surface area contributed by atoms with Crippen molar-refractivity contribution in [2.45, 2.75) is 26.2 Å². The third kappa shape index (κ3) is 4.35. The van der Waals surface area contributed by atoms with Crippen molar-refractivity contribution in [3.63, 3.8) is 0 Å². The first-order valence-electron chi connectivity index (χ1n) is 7.72. The molecule has 124 valence electrons. The van der Waals surface area contributed by atoms with Gasteiger partial charge in [-0.05, 0) is 40.8 Å². The SMILES string of the molecule is C=Cc1ccc(OC(=O)Oc2ccc(C=C)cc2C(C)(C)C)cc1. The number of rotatable bonds is 4. The fraction of sp³-hybridized carbons (Fsp3) is 0.190. The number of carbonyl (C=O) groups excluding carboxylic acids is 1. The Morgan fingerprint density at radius 3 is 2.04 bits per heavy atom. The molecular weight excluding hydrogens is 300 g/mol. The summed E-state index contributed by atoms with van der Waals surface area (Å²) >= 11 is 0. The van der Waals surface area contributed by atoms with Crippen molar-refractivity contribution >= 4 is 18.3 Å². The molecule has 0 bridgehead atoms. The lowest BCUT2D eigenvalue weighted by atomic mass is 9.85. The van der Waals surface area contributed by atoms with Gasteiger partial charge < -0.3 is 9.47 Å². The molecule has 2 aromatic carbocycles. The van der Waals surface area contributed by atoms with E-state index in [9.17, 15) is 4.79 Å². The number of ether oxygens (including phenoxy) is 2. The van der Waals surface area contributed by atoms with Gasteiger partial charge in [-0.3, -0.25) is 0 Å². The molecule has 0 saturated carbocycles. The molecule has 0 amide bonds. The Balaban J connectivity index is 2.18. The third-order valence-electron chi connectivity index (χ3n) is 3.56. The van der Waals surface area contributed by atoms with Crippen molar-refractivity contribution < 1.29 is 14.3 Å². The summed E-state index contributed by atoms with van der Waals surface area (Å²) in [5.74, 6) is 0.909. The quantitative estimate of drug-likeness (QED) is 0.523. The maximum Gasteiger partial charge on any atom is 0.519 e. The van der Waals surface area contributed by atoms with E-state index in [0.717, 1.165) is 16.7 Å². The predicted molar refractivity (Wildman–Crippen MR) is 98.4 cm³/mol. The summed E-state index contributed by atoms with van der Waals surface area (Å²) in [6.45, 7) is 13.6. The summed E-state index contributed by atoms with van der Waals surface area (Å²) in [7, 11) is 0. The molecule has 0 N–H and O–H groups in total. The van der Waals surface area contributed by atoms with Gasteiger partial charge in [0.15, 0.2) is 0 Å². The number of carbonyl (C=O) groups is 1. The summed E-state index contributed by atoms with van der Waals surface area (Å²) < 4.78 is 10.6. The van der Waals surface area contributed by atoms with E-state index in [2.05, 4.69) is 33.9 Å². The van der Waals surface area contributed by atoms with Crippen LogP contribution in [0.25, 0.3) is 12.2 Å². The number of hydrogen-bond acceptors (Lipinski definition) is 3. The average molecular weight is 322 g/mol. The highest BCUT2D eigenvalue weighted by Gasteiger charge is 2.21.